The van der Waals surface area contributed by atoms with Crippen molar-refractivity contribution in [3.05, 3.63) is 88.4 Å². The summed E-state index contributed by atoms with van der Waals surface area (Å²) in [7, 11) is 0. The summed E-state index contributed by atoms with van der Waals surface area (Å²) in [6, 6.07) is 22.4. The zero-order valence-electron chi connectivity index (χ0n) is 14.2. The van der Waals surface area contributed by atoms with Gasteiger partial charge in [-0.1, -0.05) is 54.1 Å². The van der Waals surface area contributed by atoms with Crippen LogP contribution in [0, 0.1) is 0 Å². The molecule has 1 aromatic heterocycles. The summed E-state index contributed by atoms with van der Waals surface area (Å²) in [5.74, 6) is -0.913. The zero-order valence-corrected chi connectivity index (χ0v) is 14.9. The van der Waals surface area contributed by atoms with Gasteiger partial charge in [-0.15, -0.1) is 0 Å². The minimum Gasteiger partial charge on any atom is -0.408 e. The summed E-state index contributed by atoms with van der Waals surface area (Å²) in [5, 5.41) is 3.26. The van der Waals surface area contributed by atoms with Crippen LogP contribution in [0.2, 0.25) is 5.02 Å². The van der Waals surface area contributed by atoms with Crippen LogP contribution in [0.25, 0.3) is 22.2 Å². The number of nitrogens with zero attached hydrogens (tertiary/aromatic N) is 1. The highest BCUT2D eigenvalue weighted by Crippen LogP contribution is 2.21. The molecule has 27 heavy (non-hydrogen) atoms. The van der Waals surface area contributed by atoms with Gasteiger partial charge in [0.1, 0.15) is 6.54 Å². The molecule has 0 spiro atoms. The van der Waals surface area contributed by atoms with E-state index in [2.05, 4.69) is 5.32 Å². The molecule has 0 atom stereocenters. The first-order chi connectivity index (χ1) is 13.1. The zero-order chi connectivity index (χ0) is 18.8. The highest BCUT2D eigenvalue weighted by Gasteiger charge is 2.13. The van der Waals surface area contributed by atoms with Crippen molar-refractivity contribution in [2.45, 2.75) is 6.54 Å². The van der Waals surface area contributed by atoms with Gasteiger partial charge in [-0.3, -0.25) is 9.36 Å². The first kappa shape index (κ1) is 17.1. The van der Waals surface area contributed by atoms with Gasteiger partial charge in [-0.2, -0.15) is 0 Å². The van der Waals surface area contributed by atoms with Gasteiger partial charge in [0.25, 0.3) is 0 Å². The number of fused-ring (bicyclic) bond motifs is 1. The smallest absolute Gasteiger partial charge is 0.408 e. The maximum Gasteiger partial charge on any atom is 0.420 e. The summed E-state index contributed by atoms with van der Waals surface area (Å²) in [6.45, 7) is -0.145. The van der Waals surface area contributed by atoms with Crippen molar-refractivity contribution in [2.75, 3.05) is 5.32 Å². The number of benzene rings is 3. The van der Waals surface area contributed by atoms with E-state index in [1.54, 1.807) is 18.2 Å². The minimum atomic E-state index is -0.596. The number of hydrogen-bond donors (Lipinski definition) is 1. The van der Waals surface area contributed by atoms with Gasteiger partial charge in [0.05, 0.1) is 5.52 Å². The Kier molecular flexibility index (Phi) is 4.52. The molecule has 0 fully saturated rings. The third-order valence-corrected chi connectivity index (χ3v) is 4.44. The van der Waals surface area contributed by atoms with Crippen molar-refractivity contribution in [2.24, 2.45) is 0 Å². The molecule has 0 aliphatic carbocycles. The van der Waals surface area contributed by atoms with Crippen LogP contribution in [0.4, 0.5) is 5.69 Å². The lowest BCUT2D eigenvalue weighted by Crippen LogP contribution is -2.24. The Hall–Kier alpha value is -3.31. The van der Waals surface area contributed by atoms with E-state index in [4.69, 9.17) is 16.0 Å². The molecule has 1 heterocycles. The number of carbonyl (C=O) groups excluding carboxylic acids is 1. The first-order valence-electron chi connectivity index (χ1n) is 8.34. The number of rotatable bonds is 4. The standard InChI is InChI=1S/C21H15ClN2O3/c22-16-8-11-18-19(12-16)27-21(26)24(18)13-20(25)23-17-9-6-15(7-10-17)14-4-2-1-3-5-14/h1-12H,13H2,(H,23,25). The monoisotopic (exact) mass is 378 g/mol. The number of hydrogen-bond acceptors (Lipinski definition) is 3. The van der Waals surface area contributed by atoms with Crippen LogP contribution >= 0.6 is 11.6 Å². The molecule has 134 valence electrons. The molecule has 6 heteroatoms. The predicted molar refractivity (Wildman–Crippen MR) is 106 cm³/mol. The Morgan fingerprint density at radius 2 is 1.67 bits per heavy atom. The van der Waals surface area contributed by atoms with Crippen LogP contribution < -0.4 is 11.1 Å². The minimum absolute atomic E-state index is 0.145. The highest BCUT2D eigenvalue weighted by molar-refractivity contribution is 6.31. The summed E-state index contributed by atoms with van der Waals surface area (Å²) < 4.78 is 6.42. The third kappa shape index (κ3) is 3.64. The SMILES string of the molecule is O=C(Cn1c(=O)oc2cc(Cl)ccc21)Nc1ccc(-c2ccccc2)cc1. The Morgan fingerprint density at radius 1 is 0.963 bits per heavy atom. The van der Waals surface area contributed by atoms with Gasteiger partial charge in [-0.05, 0) is 35.4 Å². The van der Waals surface area contributed by atoms with Crippen LogP contribution in [-0.2, 0) is 11.3 Å². The number of carbonyl (C=O) groups is 1. The van der Waals surface area contributed by atoms with E-state index in [-0.39, 0.29) is 12.5 Å². The number of amides is 1. The van der Waals surface area contributed by atoms with Gasteiger partial charge in [0.15, 0.2) is 5.58 Å². The molecular weight excluding hydrogens is 364 g/mol. The lowest BCUT2D eigenvalue weighted by molar-refractivity contribution is -0.116. The van der Waals surface area contributed by atoms with Gasteiger partial charge in [-0.25, -0.2) is 4.79 Å². The molecule has 4 aromatic rings. The van der Waals surface area contributed by atoms with Crippen molar-refractivity contribution in [3.8, 4) is 11.1 Å². The van der Waals surface area contributed by atoms with Gasteiger partial charge < -0.3 is 9.73 Å². The Morgan fingerprint density at radius 3 is 2.41 bits per heavy atom. The first-order valence-corrected chi connectivity index (χ1v) is 8.72. The topological polar surface area (TPSA) is 64.2 Å². The van der Waals surface area contributed by atoms with Crippen LogP contribution in [0.5, 0.6) is 0 Å². The number of anilines is 1. The molecule has 0 aliphatic heterocycles. The van der Waals surface area contributed by atoms with E-state index in [1.807, 2.05) is 54.6 Å². The number of halogens is 1. The normalized spacial score (nSPS) is 10.9. The molecule has 0 bridgehead atoms. The fourth-order valence-corrected chi connectivity index (χ4v) is 3.07. The van der Waals surface area contributed by atoms with Crippen LogP contribution in [0.1, 0.15) is 0 Å². The van der Waals surface area contributed by atoms with Crippen molar-refractivity contribution in [1.82, 2.24) is 4.57 Å². The second-order valence-corrected chi connectivity index (χ2v) is 6.49. The summed E-state index contributed by atoms with van der Waals surface area (Å²) in [5.41, 5.74) is 3.70. The molecule has 5 nitrogen and oxygen atoms in total. The van der Waals surface area contributed by atoms with Crippen LogP contribution in [0.3, 0.4) is 0 Å². The molecule has 3 aromatic carbocycles. The average Bonchev–Trinajstić information content (AvgIpc) is 2.97. The molecule has 0 aliphatic rings. The molecule has 0 unspecified atom stereocenters. The average molecular weight is 379 g/mol. The van der Waals surface area contributed by atoms with Crippen molar-refractivity contribution in [1.29, 1.82) is 0 Å². The molecule has 1 N–H and O–H groups in total. The Labute approximate surface area is 159 Å². The lowest BCUT2D eigenvalue weighted by Gasteiger charge is -2.07. The van der Waals surface area contributed by atoms with Crippen molar-refractivity contribution >= 4 is 34.3 Å². The fraction of sp³-hybridized carbons (Fsp3) is 0.0476. The maximum absolute atomic E-state index is 12.4. The fourth-order valence-electron chi connectivity index (χ4n) is 2.91. The van der Waals surface area contributed by atoms with E-state index in [0.717, 1.165) is 11.1 Å². The number of oxazole rings is 1. The van der Waals surface area contributed by atoms with Gasteiger partial charge in [0.2, 0.25) is 5.91 Å². The van der Waals surface area contributed by atoms with E-state index < -0.39 is 5.76 Å². The van der Waals surface area contributed by atoms with Gasteiger partial charge in [0, 0.05) is 16.8 Å². The summed E-state index contributed by atoms with van der Waals surface area (Å²) in [4.78, 5) is 24.4. The van der Waals surface area contributed by atoms with Crippen LogP contribution in [0.15, 0.2) is 82.0 Å². The summed E-state index contributed by atoms with van der Waals surface area (Å²) >= 11 is 5.90. The molecule has 1 amide bonds. The van der Waals surface area contributed by atoms with Crippen LogP contribution in [-0.4, -0.2) is 10.5 Å². The number of nitrogens with one attached hydrogen (secondary N) is 1. The molecule has 4 rings (SSSR count). The molecule has 0 saturated heterocycles. The predicted octanol–water partition coefficient (Wildman–Crippen LogP) is 4.55. The largest absolute Gasteiger partial charge is 0.420 e. The Bertz CT molecular complexity index is 1160. The molecule has 0 radical (unpaired) electrons. The van der Waals surface area contributed by atoms with Crippen molar-refractivity contribution in [3.63, 3.8) is 0 Å². The second-order valence-electron chi connectivity index (χ2n) is 6.06. The quantitative estimate of drug-likeness (QED) is 0.566. The van der Waals surface area contributed by atoms with E-state index in [9.17, 15) is 9.59 Å². The summed E-state index contributed by atoms with van der Waals surface area (Å²) in [6.07, 6.45) is 0. The van der Waals surface area contributed by atoms with E-state index in [0.29, 0.717) is 21.8 Å². The highest BCUT2D eigenvalue weighted by atomic mass is 35.5. The number of aromatic nitrogens is 1. The molecule has 0 saturated carbocycles. The molecular formula is C21H15ClN2O3. The second kappa shape index (κ2) is 7.13. The lowest BCUT2D eigenvalue weighted by atomic mass is 10.1. The van der Waals surface area contributed by atoms with Gasteiger partial charge >= 0.3 is 5.76 Å². The third-order valence-electron chi connectivity index (χ3n) is 4.21. The van der Waals surface area contributed by atoms with Crippen molar-refractivity contribution < 1.29 is 9.21 Å². The van der Waals surface area contributed by atoms with E-state index >= 15 is 0 Å². The van der Waals surface area contributed by atoms with E-state index in [1.165, 1.54) is 4.57 Å². The Balaban J connectivity index is 1.50. The maximum atomic E-state index is 12.4.